The highest BCUT2D eigenvalue weighted by molar-refractivity contribution is 5.75. The Balaban J connectivity index is 1.97. The first-order chi connectivity index (χ1) is 8.79. The predicted molar refractivity (Wildman–Crippen MR) is 76.0 cm³/mol. The molecule has 0 amide bonds. The molecule has 2 rings (SSSR count). The summed E-state index contributed by atoms with van der Waals surface area (Å²) >= 11 is 0. The van der Waals surface area contributed by atoms with E-state index in [1.807, 2.05) is 0 Å². The third-order valence-corrected chi connectivity index (χ3v) is 3.58. The topological polar surface area (TPSA) is 52.3 Å². The fourth-order valence-corrected chi connectivity index (χ4v) is 2.14. The van der Waals surface area contributed by atoms with Gasteiger partial charge < -0.3 is 10.5 Å². The minimum atomic E-state index is -0.537. The highest BCUT2D eigenvalue weighted by atomic mass is 16.6. The molecule has 104 valence electrons. The van der Waals surface area contributed by atoms with Gasteiger partial charge in [0.2, 0.25) is 0 Å². The number of hydrogen-bond acceptors (Lipinski definition) is 3. The van der Waals surface area contributed by atoms with Crippen LogP contribution >= 0.6 is 0 Å². The zero-order chi connectivity index (χ0) is 14.2. The van der Waals surface area contributed by atoms with E-state index in [0.29, 0.717) is 5.92 Å². The van der Waals surface area contributed by atoms with Crippen LogP contribution in [0.5, 0.6) is 0 Å². The van der Waals surface area contributed by atoms with E-state index < -0.39 is 6.04 Å². The summed E-state index contributed by atoms with van der Waals surface area (Å²) in [6.45, 7) is 8.25. The highest BCUT2D eigenvalue weighted by Gasteiger charge is 2.42. The molecule has 3 unspecified atom stereocenters. The molecule has 1 aliphatic carbocycles. The van der Waals surface area contributed by atoms with Crippen LogP contribution in [0.1, 0.15) is 51.2 Å². The molecule has 1 aliphatic rings. The van der Waals surface area contributed by atoms with E-state index >= 15 is 0 Å². The molecule has 0 heterocycles. The maximum absolute atomic E-state index is 11.4. The van der Waals surface area contributed by atoms with Gasteiger partial charge in [0.1, 0.15) is 12.1 Å². The van der Waals surface area contributed by atoms with Crippen LogP contribution in [0, 0.1) is 0 Å². The van der Waals surface area contributed by atoms with Crippen molar-refractivity contribution in [2.45, 2.75) is 57.6 Å². The Bertz CT molecular complexity index is 457. The first-order valence-electron chi connectivity index (χ1n) is 6.85. The van der Waals surface area contributed by atoms with E-state index in [1.54, 1.807) is 6.92 Å². The molecule has 3 atom stereocenters. The van der Waals surface area contributed by atoms with Crippen LogP contribution in [0.4, 0.5) is 0 Å². The molecule has 0 aromatic heterocycles. The van der Waals surface area contributed by atoms with Crippen LogP contribution in [0.3, 0.4) is 0 Å². The van der Waals surface area contributed by atoms with E-state index in [2.05, 4.69) is 45.0 Å². The number of esters is 1. The number of hydrogen-bond donors (Lipinski definition) is 1. The van der Waals surface area contributed by atoms with E-state index in [0.717, 1.165) is 6.42 Å². The Labute approximate surface area is 115 Å². The van der Waals surface area contributed by atoms with Crippen molar-refractivity contribution in [3.63, 3.8) is 0 Å². The monoisotopic (exact) mass is 261 g/mol. The fraction of sp³-hybridized carbons (Fsp3) is 0.562. The Morgan fingerprint density at radius 3 is 2.37 bits per heavy atom. The normalized spacial score (nSPS) is 23.8. The molecule has 3 heteroatoms. The summed E-state index contributed by atoms with van der Waals surface area (Å²) in [4.78, 5) is 11.4. The first-order valence-corrected chi connectivity index (χ1v) is 6.85. The Morgan fingerprint density at radius 2 is 1.89 bits per heavy atom. The average Bonchev–Trinajstić information content (AvgIpc) is 3.07. The van der Waals surface area contributed by atoms with Crippen molar-refractivity contribution in [1.82, 2.24) is 0 Å². The lowest BCUT2D eigenvalue weighted by Gasteiger charge is -2.19. The predicted octanol–water partition coefficient (Wildman–Crippen LogP) is 2.73. The van der Waals surface area contributed by atoms with Gasteiger partial charge in [-0.15, -0.1) is 0 Å². The molecule has 3 nitrogen and oxygen atoms in total. The summed E-state index contributed by atoms with van der Waals surface area (Å²) in [5.74, 6) is 0.0375. The number of carbonyl (C=O) groups is 1. The summed E-state index contributed by atoms with van der Waals surface area (Å²) in [5.41, 5.74) is 8.23. The van der Waals surface area contributed by atoms with Crippen LogP contribution < -0.4 is 5.73 Å². The lowest BCUT2D eigenvalue weighted by atomic mass is 9.86. The number of rotatable bonds is 3. The molecule has 19 heavy (non-hydrogen) atoms. The molecule has 1 saturated carbocycles. The molecule has 0 aliphatic heterocycles. The lowest BCUT2D eigenvalue weighted by Crippen LogP contribution is -2.29. The molecule has 0 spiro atoms. The summed E-state index contributed by atoms with van der Waals surface area (Å²) < 4.78 is 5.32. The molecular weight excluding hydrogens is 238 g/mol. The van der Waals surface area contributed by atoms with Crippen molar-refractivity contribution in [2.24, 2.45) is 5.73 Å². The molecule has 0 bridgehead atoms. The Kier molecular flexibility index (Phi) is 3.68. The van der Waals surface area contributed by atoms with Crippen LogP contribution in [0.25, 0.3) is 0 Å². The van der Waals surface area contributed by atoms with Gasteiger partial charge in [-0.2, -0.15) is 0 Å². The molecule has 0 saturated heterocycles. The van der Waals surface area contributed by atoms with Gasteiger partial charge in [-0.3, -0.25) is 4.79 Å². The van der Waals surface area contributed by atoms with Gasteiger partial charge in [-0.05, 0) is 29.9 Å². The number of benzene rings is 1. The minimum absolute atomic E-state index is 0.0130. The second-order valence-corrected chi connectivity index (χ2v) is 6.48. The number of nitrogens with two attached hydrogens (primary N) is 1. The maximum Gasteiger partial charge on any atom is 0.322 e. The Hall–Kier alpha value is -1.35. The highest BCUT2D eigenvalue weighted by Crippen LogP contribution is 2.43. The standard InChI is InChI=1S/C16H23NO2/c1-10(17)15(18)19-14-9-13(14)11-5-7-12(8-6-11)16(2,3)4/h5-8,10,13-14H,9,17H2,1-4H3. The zero-order valence-electron chi connectivity index (χ0n) is 12.1. The second kappa shape index (κ2) is 4.97. The van der Waals surface area contributed by atoms with E-state index in [9.17, 15) is 4.79 Å². The molecule has 1 aromatic carbocycles. The van der Waals surface area contributed by atoms with E-state index in [-0.39, 0.29) is 17.5 Å². The molecule has 0 radical (unpaired) electrons. The van der Waals surface area contributed by atoms with Crippen molar-refractivity contribution in [3.05, 3.63) is 35.4 Å². The quantitative estimate of drug-likeness (QED) is 0.851. The molecule has 2 N–H and O–H groups in total. The number of carbonyl (C=O) groups excluding carboxylic acids is 1. The lowest BCUT2D eigenvalue weighted by molar-refractivity contribution is -0.146. The van der Waals surface area contributed by atoms with Gasteiger partial charge >= 0.3 is 5.97 Å². The average molecular weight is 261 g/mol. The van der Waals surface area contributed by atoms with Crippen molar-refractivity contribution in [1.29, 1.82) is 0 Å². The van der Waals surface area contributed by atoms with Crippen LogP contribution in [-0.4, -0.2) is 18.1 Å². The third kappa shape index (κ3) is 3.35. The van der Waals surface area contributed by atoms with Gasteiger partial charge in [0.15, 0.2) is 0 Å². The fourth-order valence-electron chi connectivity index (χ4n) is 2.14. The van der Waals surface area contributed by atoms with E-state index in [4.69, 9.17) is 10.5 Å². The van der Waals surface area contributed by atoms with Gasteiger partial charge in [0, 0.05) is 5.92 Å². The van der Waals surface area contributed by atoms with Gasteiger partial charge in [0.25, 0.3) is 0 Å². The van der Waals surface area contributed by atoms with Crippen molar-refractivity contribution in [3.8, 4) is 0 Å². The van der Waals surface area contributed by atoms with Crippen molar-refractivity contribution in [2.75, 3.05) is 0 Å². The van der Waals surface area contributed by atoms with Gasteiger partial charge in [-0.25, -0.2) is 0 Å². The van der Waals surface area contributed by atoms with Crippen LogP contribution in [0.2, 0.25) is 0 Å². The van der Waals surface area contributed by atoms with Crippen molar-refractivity contribution >= 4 is 5.97 Å². The van der Waals surface area contributed by atoms with E-state index in [1.165, 1.54) is 11.1 Å². The van der Waals surface area contributed by atoms with Crippen LogP contribution in [0.15, 0.2) is 24.3 Å². The number of ether oxygens (including phenoxy) is 1. The molecule has 1 fully saturated rings. The maximum atomic E-state index is 11.4. The Morgan fingerprint density at radius 1 is 1.32 bits per heavy atom. The molecule has 1 aromatic rings. The van der Waals surface area contributed by atoms with Gasteiger partial charge in [-0.1, -0.05) is 45.0 Å². The van der Waals surface area contributed by atoms with Crippen molar-refractivity contribution < 1.29 is 9.53 Å². The molecular formula is C16H23NO2. The second-order valence-electron chi connectivity index (χ2n) is 6.48. The zero-order valence-corrected chi connectivity index (χ0v) is 12.1. The summed E-state index contributed by atoms with van der Waals surface area (Å²) in [6.07, 6.45) is 0.923. The first kappa shape index (κ1) is 14.1. The SMILES string of the molecule is CC(N)C(=O)OC1CC1c1ccc(C(C)(C)C)cc1. The third-order valence-electron chi connectivity index (χ3n) is 3.58. The largest absolute Gasteiger partial charge is 0.461 e. The smallest absolute Gasteiger partial charge is 0.322 e. The summed E-state index contributed by atoms with van der Waals surface area (Å²) in [7, 11) is 0. The minimum Gasteiger partial charge on any atom is -0.461 e. The summed E-state index contributed by atoms with van der Waals surface area (Å²) in [5, 5.41) is 0. The van der Waals surface area contributed by atoms with Crippen LogP contribution in [-0.2, 0) is 14.9 Å². The van der Waals surface area contributed by atoms with Gasteiger partial charge in [0.05, 0.1) is 0 Å². The summed E-state index contributed by atoms with van der Waals surface area (Å²) in [6, 6.07) is 8.08.